The molecule has 3 aromatic heterocycles. The lowest BCUT2D eigenvalue weighted by molar-refractivity contribution is 0.413. The van der Waals surface area contributed by atoms with Crippen LogP contribution in [0.15, 0.2) is 74.1 Å². The highest BCUT2D eigenvalue weighted by molar-refractivity contribution is 5.86. The van der Waals surface area contributed by atoms with Crippen LogP contribution in [-0.4, -0.2) is 34.3 Å². The van der Waals surface area contributed by atoms with Gasteiger partial charge in [-0.3, -0.25) is 0 Å². The molecule has 0 fully saturated rings. The smallest absolute Gasteiger partial charge is 0.227 e. The quantitative estimate of drug-likeness (QED) is 0.407. The maximum Gasteiger partial charge on any atom is 0.227 e. The number of hydrogen-bond donors (Lipinski definition) is 1. The fourth-order valence-electron chi connectivity index (χ4n) is 3.90. The van der Waals surface area contributed by atoms with Gasteiger partial charge in [0.1, 0.15) is 18.5 Å². The molecule has 0 saturated carbocycles. The highest BCUT2D eigenvalue weighted by Gasteiger charge is 2.25. The van der Waals surface area contributed by atoms with Crippen LogP contribution in [0.3, 0.4) is 0 Å². The molecular formula is C25H24N8. The molecule has 0 atom stereocenters. The molecule has 5 rings (SSSR count). The average molecular weight is 437 g/mol. The zero-order chi connectivity index (χ0) is 23.0. The highest BCUT2D eigenvalue weighted by atomic mass is 15.3. The lowest BCUT2D eigenvalue weighted by Gasteiger charge is -2.25. The first-order chi connectivity index (χ1) is 15.9. The fraction of sp³-hybridized carbons (Fsp3) is 0.160. The fourth-order valence-corrected chi connectivity index (χ4v) is 3.90. The third-order valence-corrected chi connectivity index (χ3v) is 5.31. The maximum absolute atomic E-state index is 5.08. The van der Waals surface area contributed by atoms with Crippen molar-refractivity contribution in [1.82, 2.24) is 34.3 Å². The van der Waals surface area contributed by atoms with Crippen molar-refractivity contribution in [2.24, 2.45) is 0 Å². The van der Waals surface area contributed by atoms with Crippen molar-refractivity contribution < 1.29 is 0 Å². The molecule has 0 aliphatic heterocycles. The summed E-state index contributed by atoms with van der Waals surface area (Å²) < 4.78 is 4.02. The van der Waals surface area contributed by atoms with Crippen LogP contribution in [0.1, 0.15) is 26.3 Å². The SMILES string of the molecule is C=Cc1ccc(-n2cncn2)c(-c2nc3cc(Nc4ncccn4)ccc3n2C(C)(C)C)c1. The molecule has 0 bridgehead atoms. The molecule has 0 radical (unpaired) electrons. The van der Waals surface area contributed by atoms with E-state index in [1.807, 2.05) is 30.3 Å². The van der Waals surface area contributed by atoms with Crippen molar-refractivity contribution in [3.8, 4) is 17.1 Å². The third-order valence-electron chi connectivity index (χ3n) is 5.31. The van der Waals surface area contributed by atoms with Crippen LogP contribution in [-0.2, 0) is 5.54 Å². The molecule has 0 aliphatic carbocycles. The van der Waals surface area contributed by atoms with Crippen LogP contribution in [0.25, 0.3) is 34.2 Å². The molecule has 0 aliphatic rings. The van der Waals surface area contributed by atoms with Gasteiger partial charge in [-0.15, -0.1) is 0 Å². The summed E-state index contributed by atoms with van der Waals surface area (Å²) >= 11 is 0. The number of rotatable bonds is 5. The van der Waals surface area contributed by atoms with Gasteiger partial charge in [-0.05, 0) is 62.7 Å². The van der Waals surface area contributed by atoms with Gasteiger partial charge in [0.2, 0.25) is 5.95 Å². The number of fused-ring (bicyclic) bond motifs is 1. The van der Waals surface area contributed by atoms with Crippen LogP contribution in [0, 0.1) is 0 Å². The van der Waals surface area contributed by atoms with E-state index in [-0.39, 0.29) is 5.54 Å². The number of benzene rings is 2. The van der Waals surface area contributed by atoms with Crippen molar-refractivity contribution in [3.05, 3.63) is 79.7 Å². The highest BCUT2D eigenvalue weighted by Crippen LogP contribution is 2.35. The van der Waals surface area contributed by atoms with Gasteiger partial charge in [0.25, 0.3) is 0 Å². The van der Waals surface area contributed by atoms with E-state index in [1.54, 1.807) is 29.5 Å². The Balaban J connectivity index is 1.72. The zero-order valence-electron chi connectivity index (χ0n) is 18.8. The van der Waals surface area contributed by atoms with Gasteiger partial charge in [0.15, 0.2) is 0 Å². The molecule has 2 aromatic carbocycles. The number of imidazole rings is 1. The first-order valence-electron chi connectivity index (χ1n) is 10.6. The number of hydrogen-bond acceptors (Lipinski definition) is 6. The minimum Gasteiger partial charge on any atom is -0.324 e. The molecule has 33 heavy (non-hydrogen) atoms. The topological polar surface area (TPSA) is 86.3 Å². The molecule has 1 N–H and O–H groups in total. The predicted octanol–water partition coefficient (Wildman–Crippen LogP) is 5.22. The van der Waals surface area contributed by atoms with Crippen LogP contribution < -0.4 is 5.32 Å². The van der Waals surface area contributed by atoms with Gasteiger partial charge in [0.05, 0.1) is 16.7 Å². The summed E-state index contributed by atoms with van der Waals surface area (Å²) in [5.41, 5.74) is 5.41. The first kappa shape index (κ1) is 20.6. The second-order valence-electron chi connectivity index (χ2n) is 8.66. The van der Waals surface area contributed by atoms with E-state index in [0.29, 0.717) is 5.95 Å². The van der Waals surface area contributed by atoms with Crippen molar-refractivity contribution in [2.75, 3.05) is 5.32 Å². The lowest BCUT2D eigenvalue weighted by Crippen LogP contribution is -2.23. The van der Waals surface area contributed by atoms with Gasteiger partial charge < -0.3 is 9.88 Å². The number of aromatic nitrogens is 7. The van der Waals surface area contributed by atoms with E-state index in [0.717, 1.165) is 39.4 Å². The van der Waals surface area contributed by atoms with Crippen molar-refractivity contribution in [2.45, 2.75) is 26.3 Å². The average Bonchev–Trinajstić information content (AvgIpc) is 3.47. The largest absolute Gasteiger partial charge is 0.324 e. The maximum atomic E-state index is 5.08. The molecular weight excluding hydrogens is 412 g/mol. The number of anilines is 2. The molecule has 8 heteroatoms. The van der Waals surface area contributed by atoms with Crippen LogP contribution in [0.4, 0.5) is 11.6 Å². The molecule has 0 spiro atoms. The lowest BCUT2D eigenvalue weighted by atomic mass is 10.0. The molecule has 164 valence electrons. The van der Waals surface area contributed by atoms with Gasteiger partial charge in [-0.2, -0.15) is 5.10 Å². The minimum atomic E-state index is -0.217. The molecule has 5 aromatic rings. The Morgan fingerprint density at radius 2 is 1.85 bits per heavy atom. The molecule has 8 nitrogen and oxygen atoms in total. The minimum absolute atomic E-state index is 0.217. The van der Waals surface area contributed by atoms with E-state index >= 15 is 0 Å². The van der Waals surface area contributed by atoms with Gasteiger partial charge in [0, 0.05) is 29.2 Å². The van der Waals surface area contributed by atoms with Gasteiger partial charge in [-0.1, -0.05) is 18.7 Å². The van der Waals surface area contributed by atoms with Crippen LogP contribution in [0.2, 0.25) is 0 Å². The second-order valence-corrected chi connectivity index (χ2v) is 8.66. The predicted molar refractivity (Wildman–Crippen MR) is 130 cm³/mol. The number of nitrogens with zero attached hydrogens (tertiary/aromatic N) is 7. The van der Waals surface area contributed by atoms with Crippen LogP contribution in [0.5, 0.6) is 0 Å². The van der Waals surface area contributed by atoms with Crippen LogP contribution >= 0.6 is 0 Å². The standard InChI is InChI=1S/C25H24N8/c1-5-17-7-9-21(32-16-26-15-29-32)19(13-17)23-31-20-14-18(30-24-27-11-6-12-28-24)8-10-22(20)33(23)25(2,3)4/h5-16H,1H2,2-4H3,(H,27,28,30). The summed E-state index contributed by atoms with van der Waals surface area (Å²) in [6, 6.07) is 14.0. The summed E-state index contributed by atoms with van der Waals surface area (Å²) in [6.07, 6.45) is 8.47. The Bertz CT molecular complexity index is 1430. The Morgan fingerprint density at radius 3 is 2.55 bits per heavy atom. The Hall–Kier alpha value is -4.33. The molecule has 0 saturated heterocycles. The van der Waals surface area contributed by atoms with E-state index < -0.39 is 0 Å². The summed E-state index contributed by atoms with van der Waals surface area (Å²) in [4.78, 5) is 17.7. The summed E-state index contributed by atoms with van der Waals surface area (Å²) in [5, 5.41) is 7.60. The zero-order valence-corrected chi connectivity index (χ0v) is 18.8. The first-order valence-corrected chi connectivity index (χ1v) is 10.6. The monoisotopic (exact) mass is 436 g/mol. The van der Waals surface area contributed by atoms with Gasteiger partial charge >= 0.3 is 0 Å². The summed E-state index contributed by atoms with van der Waals surface area (Å²) in [6.45, 7) is 10.5. The third kappa shape index (κ3) is 3.87. The molecule has 0 amide bonds. The van der Waals surface area contributed by atoms with E-state index in [2.05, 4.69) is 69.4 Å². The number of nitrogens with one attached hydrogen (secondary N) is 1. The second kappa shape index (κ2) is 7.98. The van der Waals surface area contributed by atoms with Crippen molar-refractivity contribution in [1.29, 1.82) is 0 Å². The normalized spacial score (nSPS) is 11.6. The van der Waals surface area contributed by atoms with Crippen molar-refractivity contribution >= 4 is 28.7 Å². The Kier molecular flexibility index (Phi) is 4.97. The van der Waals surface area contributed by atoms with Crippen molar-refractivity contribution in [3.63, 3.8) is 0 Å². The van der Waals surface area contributed by atoms with E-state index in [4.69, 9.17) is 4.98 Å². The summed E-state index contributed by atoms with van der Waals surface area (Å²) in [7, 11) is 0. The summed E-state index contributed by atoms with van der Waals surface area (Å²) in [5.74, 6) is 1.39. The molecule has 3 heterocycles. The van der Waals surface area contributed by atoms with E-state index in [9.17, 15) is 0 Å². The Labute approximate surface area is 191 Å². The van der Waals surface area contributed by atoms with Gasteiger partial charge in [-0.25, -0.2) is 24.6 Å². The Morgan fingerprint density at radius 1 is 1.03 bits per heavy atom. The molecule has 0 unspecified atom stereocenters. The van der Waals surface area contributed by atoms with E-state index in [1.165, 1.54) is 6.33 Å².